The van der Waals surface area contributed by atoms with Gasteiger partial charge in [-0.15, -0.1) is 0 Å². The van der Waals surface area contributed by atoms with Crippen molar-refractivity contribution in [1.29, 1.82) is 0 Å². The van der Waals surface area contributed by atoms with Crippen molar-refractivity contribution in [3.8, 4) is 0 Å². The van der Waals surface area contributed by atoms with Crippen LogP contribution in [-0.2, 0) is 11.4 Å². The Hall–Kier alpha value is -1.91. The number of benzene rings is 1. The number of carbonyl (C=O) groups excluding carboxylic acids is 1. The lowest BCUT2D eigenvalue weighted by Crippen LogP contribution is -2.23. The molecule has 1 fully saturated rings. The summed E-state index contributed by atoms with van der Waals surface area (Å²) in [7, 11) is 0. The first kappa shape index (κ1) is 17.9. The van der Waals surface area contributed by atoms with Gasteiger partial charge in [-0.3, -0.25) is 4.79 Å². The lowest BCUT2D eigenvalue weighted by Gasteiger charge is -2.20. The number of nitrogens with one attached hydrogen (secondary N) is 1. The fraction of sp³-hybridized carbons (Fsp3) is 0.400. The van der Waals surface area contributed by atoms with Gasteiger partial charge in [-0.1, -0.05) is 55.5 Å². The average Bonchev–Trinajstić information content (AvgIpc) is 3.14. The molecule has 1 atom stereocenters. The van der Waals surface area contributed by atoms with E-state index in [9.17, 15) is 4.79 Å². The monoisotopic (exact) mass is 358 g/mol. The highest BCUT2D eigenvalue weighted by Crippen LogP contribution is 2.35. The molecule has 0 saturated heterocycles. The van der Waals surface area contributed by atoms with E-state index >= 15 is 0 Å². The molecule has 1 heterocycles. The topological polar surface area (TPSA) is 62.2 Å². The van der Waals surface area contributed by atoms with Crippen molar-refractivity contribution in [3.05, 3.63) is 58.7 Å². The smallest absolute Gasteiger partial charge is 0.233 e. The maximum atomic E-state index is 12.9. The highest BCUT2D eigenvalue weighted by molar-refractivity contribution is 6.30. The second kappa shape index (κ2) is 8.45. The fourth-order valence-corrected chi connectivity index (χ4v) is 3.60. The molecular weight excluding hydrogens is 336 g/mol. The van der Waals surface area contributed by atoms with Gasteiger partial charge in [0.15, 0.2) is 0 Å². The summed E-state index contributed by atoms with van der Waals surface area (Å²) in [6.07, 6.45) is 7.32. The predicted molar refractivity (Wildman–Crippen MR) is 99.6 cm³/mol. The minimum Gasteiger partial charge on any atom is -0.392 e. The SMILES string of the molecule is O=C(Nc1ccc(CO)cn1)C(CC1CCCC1)c1ccc(Cl)cc1. The van der Waals surface area contributed by atoms with Crippen LogP contribution in [0.15, 0.2) is 42.6 Å². The zero-order valence-electron chi connectivity index (χ0n) is 14.1. The Morgan fingerprint density at radius 1 is 1.20 bits per heavy atom. The molecule has 1 amide bonds. The van der Waals surface area contributed by atoms with Crippen LogP contribution in [0, 0.1) is 5.92 Å². The van der Waals surface area contributed by atoms with Crippen LogP contribution < -0.4 is 5.32 Å². The molecule has 1 aromatic carbocycles. The highest BCUT2D eigenvalue weighted by atomic mass is 35.5. The molecule has 1 saturated carbocycles. The standard InChI is InChI=1S/C20H23ClN2O2/c21-17-8-6-16(7-9-17)18(11-14-3-1-2-4-14)20(25)23-19-10-5-15(13-24)12-22-19/h5-10,12,14,18,24H,1-4,11,13H2,(H,22,23,25). The average molecular weight is 359 g/mol. The summed E-state index contributed by atoms with van der Waals surface area (Å²) >= 11 is 5.99. The molecule has 0 bridgehead atoms. The van der Waals surface area contributed by atoms with E-state index < -0.39 is 0 Å². The third-order valence-electron chi connectivity index (χ3n) is 4.89. The van der Waals surface area contributed by atoms with Crippen molar-refractivity contribution in [1.82, 2.24) is 4.98 Å². The first-order valence-corrected chi connectivity index (χ1v) is 9.15. The zero-order chi connectivity index (χ0) is 17.6. The van der Waals surface area contributed by atoms with Crippen LogP contribution in [0.5, 0.6) is 0 Å². The molecular formula is C20H23ClN2O2. The Labute approximate surface area is 153 Å². The van der Waals surface area contributed by atoms with Crippen molar-refractivity contribution < 1.29 is 9.90 Å². The third-order valence-corrected chi connectivity index (χ3v) is 5.14. The number of pyridine rings is 1. The van der Waals surface area contributed by atoms with Crippen molar-refractivity contribution in [2.45, 2.75) is 44.6 Å². The number of carbonyl (C=O) groups is 1. The number of rotatable bonds is 6. The number of hydrogen-bond donors (Lipinski definition) is 2. The molecule has 2 N–H and O–H groups in total. The van der Waals surface area contributed by atoms with Gasteiger partial charge in [-0.05, 0) is 41.7 Å². The second-order valence-electron chi connectivity index (χ2n) is 6.69. The van der Waals surface area contributed by atoms with Crippen molar-refractivity contribution in [3.63, 3.8) is 0 Å². The molecule has 3 rings (SSSR count). The Bertz CT molecular complexity index is 695. The van der Waals surface area contributed by atoms with Crippen LogP contribution in [0.25, 0.3) is 0 Å². The first-order valence-electron chi connectivity index (χ1n) is 8.78. The summed E-state index contributed by atoms with van der Waals surface area (Å²) in [5, 5.41) is 12.7. The van der Waals surface area contributed by atoms with E-state index in [1.807, 2.05) is 24.3 Å². The van der Waals surface area contributed by atoms with E-state index in [4.69, 9.17) is 16.7 Å². The molecule has 1 aromatic heterocycles. The van der Waals surface area contributed by atoms with Gasteiger partial charge in [-0.25, -0.2) is 4.98 Å². The second-order valence-corrected chi connectivity index (χ2v) is 7.13. The van der Waals surface area contributed by atoms with Crippen molar-refractivity contribution in [2.75, 3.05) is 5.32 Å². The number of amides is 1. The number of aromatic nitrogens is 1. The van der Waals surface area contributed by atoms with E-state index in [1.165, 1.54) is 25.7 Å². The summed E-state index contributed by atoms with van der Waals surface area (Å²) in [4.78, 5) is 17.1. The summed E-state index contributed by atoms with van der Waals surface area (Å²) in [5.41, 5.74) is 1.71. The zero-order valence-corrected chi connectivity index (χ0v) is 14.9. The lowest BCUT2D eigenvalue weighted by atomic mass is 9.87. The van der Waals surface area contributed by atoms with E-state index in [-0.39, 0.29) is 18.4 Å². The Kier molecular flexibility index (Phi) is 6.05. The predicted octanol–water partition coefficient (Wildman–Crippen LogP) is 4.53. The number of aliphatic hydroxyl groups excluding tert-OH is 1. The summed E-state index contributed by atoms with van der Waals surface area (Å²) < 4.78 is 0. The van der Waals surface area contributed by atoms with Crippen LogP contribution in [-0.4, -0.2) is 16.0 Å². The Morgan fingerprint density at radius 2 is 1.92 bits per heavy atom. The van der Waals surface area contributed by atoms with Crippen LogP contribution in [0.3, 0.4) is 0 Å². The fourth-order valence-electron chi connectivity index (χ4n) is 3.47. The molecule has 2 aromatic rings. The lowest BCUT2D eigenvalue weighted by molar-refractivity contribution is -0.118. The van der Waals surface area contributed by atoms with Gasteiger partial charge in [-0.2, -0.15) is 0 Å². The number of aliphatic hydroxyl groups is 1. The molecule has 132 valence electrons. The van der Waals surface area contributed by atoms with E-state index in [0.717, 1.165) is 17.5 Å². The third kappa shape index (κ3) is 4.80. The molecule has 0 radical (unpaired) electrons. The van der Waals surface area contributed by atoms with Gasteiger partial charge in [0.05, 0.1) is 12.5 Å². The quantitative estimate of drug-likeness (QED) is 0.797. The summed E-state index contributed by atoms with van der Waals surface area (Å²) in [6.45, 7) is -0.0592. The maximum Gasteiger partial charge on any atom is 0.233 e. The van der Waals surface area contributed by atoms with Crippen LogP contribution in [0.4, 0.5) is 5.82 Å². The molecule has 0 spiro atoms. The number of nitrogens with zero attached hydrogens (tertiary/aromatic N) is 1. The van der Waals surface area contributed by atoms with Crippen molar-refractivity contribution in [2.24, 2.45) is 5.92 Å². The molecule has 5 heteroatoms. The maximum absolute atomic E-state index is 12.9. The molecule has 25 heavy (non-hydrogen) atoms. The number of anilines is 1. The van der Waals surface area contributed by atoms with Gasteiger partial charge in [0.25, 0.3) is 0 Å². The van der Waals surface area contributed by atoms with Gasteiger partial charge >= 0.3 is 0 Å². The van der Waals surface area contributed by atoms with Crippen LogP contribution >= 0.6 is 11.6 Å². The van der Waals surface area contributed by atoms with Crippen molar-refractivity contribution >= 4 is 23.3 Å². The van der Waals surface area contributed by atoms with Gasteiger partial charge in [0, 0.05) is 11.2 Å². The van der Waals surface area contributed by atoms with E-state index in [2.05, 4.69) is 10.3 Å². The van der Waals surface area contributed by atoms with Gasteiger partial charge in [0.2, 0.25) is 5.91 Å². The molecule has 4 nitrogen and oxygen atoms in total. The van der Waals surface area contributed by atoms with Gasteiger partial charge in [0.1, 0.15) is 5.82 Å². The summed E-state index contributed by atoms with van der Waals surface area (Å²) in [5.74, 6) is 0.849. The van der Waals surface area contributed by atoms with E-state index in [0.29, 0.717) is 16.8 Å². The molecule has 1 aliphatic rings. The number of halogens is 1. The summed E-state index contributed by atoms with van der Waals surface area (Å²) in [6, 6.07) is 11.0. The molecule has 1 unspecified atom stereocenters. The molecule has 1 aliphatic carbocycles. The Balaban J connectivity index is 1.76. The minimum atomic E-state index is -0.209. The van der Waals surface area contributed by atoms with Crippen LogP contribution in [0.1, 0.15) is 49.1 Å². The first-order chi connectivity index (χ1) is 12.2. The largest absolute Gasteiger partial charge is 0.392 e. The van der Waals surface area contributed by atoms with Crippen LogP contribution in [0.2, 0.25) is 5.02 Å². The normalized spacial score (nSPS) is 15.9. The number of hydrogen-bond acceptors (Lipinski definition) is 3. The Morgan fingerprint density at radius 3 is 2.52 bits per heavy atom. The molecule has 0 aliphatic heterocycles. The van der Waals surface area contributed by atoms with E-state index in [1.54, 1.807) is 18.3 Å². The minimum absolute atomic E-state index is 0.0431. The van der Waals surface area contributed by atoms with Gasteiger partial charge < -0.3 is 10.4 Å². The highest BCUT2D eigenvalue weighted by Gasteiger charge is 2.27.